The number of hydrogen-bond donors (Lipinski definition) is 2. The first-order valence-corrected chi connectivity index (χ1v) is 8.63. The van der Waals surface area contributed by atoms with E-state index in [9.17, 15) is 8.42 Å². The van der Waals surface area contributed by atoms with Crippen LogP contribution in [0.2, 0.25) is 0 Å². The quantitative estimate of drug-likeness (QED) is 0.794. The summed E-state index contributed by atoms with van der Waals surface area (Å²) >= 11 is 0. The lowest BCUT2D eigenvalue weighted by Crippen LogP contribution is -2.31. The summed E-state index contributed by atoms with van der Waals surface area (Å²) in [5, 5.41) is 3.12. The van der Waals surface area contributed by atoms with Gasteiger partial charge in [0.2, 0.25) is 0 Å². The van der Waals surface area contributed by atoms with Crippen molar-refractivity contribution in [3.05, 3.63) is 23.9 Å². The Bertz CT molecular complexity index is 575. The van der Waals surface area contributed by atoms with E-state index < -0.39 is 10.0 Å². The van der Waals surface area contributed by atoms with Crippen LogP contribution in [0, 0.1) is 11.3 Å². The molecule has 6 heteroatoms. The molecule has 0 bridgehead atoms. The number of aromatic nitrogens is 1. The van der Waals surface area contributed by atoms with Crippen molar-refractivity contribution in [3.63, 3.8) is 0 Å². The van der Waals surface area contributed by atoms with Crippen molar-refractivity contribution in [1.29, 1.82) is 0 Å². The van der Waals surface area contributed by atoms with E-state index in [2.05, 4.69) is 15.0 Å². The third kappa shape index (κ3) is 2.87. The van der Waals surface area contributed by atoms with Crippen LogP contribution in [0.15, 0.2) is 23.4 Å². The van der Waals surface area contributed by atoms with Crippen molar-refractivity contribution in [2.45, 2.75) is 37.3 Å². The summed E-state index contributed by atoms with van der Waals surface area (Å²) in [5.74, 6) is 0.746. The van der Waals surface area contributed by atoms with Gasteiger partial charge in [-0.25, -0.2) is 18.1 Å². The lowest BCUT2D eigenvalue weighted by atomic mass is 10.0. The van der Waals surface area contributed by atoms with Gasteiger partial charge in [-0.05, 0) is 55.7 Å². The van der Waals surface area contributed by atoms with Crippen LogP contribution in [0.4, 0.5) is 0 Å². The first-order valence-electron chi connectivity index (χ1n) is 7.15. The van der Waals surface area contributed by atoms with Gasteiger partial charge in [0.05, 0.1) is 0 Å². The topological polar surface area (TPSA) is 71.1 Å². The van der Waals surface area contributed by atoms with Crippen LogP contribution in [0.5, 0.6) is 0 Å². The second kappa shape index (κ2) is 5.09. The van der Waals surface area contributed by atoms with E-state index in [1.54, 1.807) is 18.3 Å². The van der Waals surface area contributed by atoms with Gasteiger partial charge in [0.25, 0.3) is 10.0 Å². The molecule has 110 valence electrons. The summed E-state index contributed by atoms with van der Waals surface area (Å²) in [6.07, 6.45) is 6.46. The summed E-state index contributed by atoms with van der Waals surface area (Å²) < 4.78 is 27.2. The second-order valence-electron chi connectivity index (χ2n) is 6.00. The van der Waals surface area contributed by atoms with Crippen LogP contribution in [-0.4, -0.2) is 27.0 Å². The zero-order valence-corrected chi connectivity index (χ0v) is 12.5. The molecule has 0 amide bonds. The Morgan fingerprint density at radius 2 is 2.10 bits per heavy atom. The van der Waals surface area contributed by atoms with Gasteiger partial charge in [0.1, 0.15) is 0 Å². The van der Waals surface area contributed by atoms with Gasteiger partial charge in [-0.2, -0.15) is 0 Å². The zero-order chi connectivity index (χ0) is 14.2. The minimum atomic E-state index is -3.47. The maximum atomic E-state index is 12.2. The lowest BCUT2D eigenvalue weighted by molar-refractivity contribution is 0.431. The normalized spacial score (nSPS) is 20.9. The predicted octanol–water partition coefficient (Wildman–Crippen LogP) is 1.27. The highest BCUT2D eigenvalue weighted by Crippen LogP contribution is 2.60. The molecule has 0 aromatic carbocycles. The van der Waals surface area contributed by atoms with Gasteiger partial charge in [-0.1, -0.05) is 6.07 Å². The number of rotatable bonds is 7. The fraction of sp³-hybridized carbons (Fsp3) is 0.643. The van der Waals surface area contributed by atoms with Crippen LogP contribution < -0.4 is 10.0 Å². The van der Waals surface area contributed by atoms with E-state index in [4.69, 9.17) is 0 Å². The predicted molar refractivity (Wildman–Crippen MR) is 76.6 cm³/mol. The molecule has 1 aromatic rings. The molecule has 0 saturated heterocycles. The summed E-state index contributed by atoms with van der Waals surface area (Å²) in [5.41, 5.74) is 1.24. The van der Waals surface area contributed by atoms with Crippen molar-refractivity contribution in [3.8, 4) is 0 Å². The van der Waals surface area contributed by atoms with E-state index in [0.717, 1.165) is 24.3 Å². The Kier molecular flexibility index (Phi) is 3.56. The second-order valence-corrected chi connectivity index (χ2v) is 7.71. The molecule has 2 aliphatic rings. The van der Waals surface area contributed by atoms with Crippen molar-refractivity contribution >= 4 is 10.0 Å². The minimum Gasteiger partial charge on any atom is -0.316 e. The molecule has 1 aromatic heterocycles. The average molecular weight is 295 g/mol. The van der Waals surface area contributed by atoms with Gasteiger partial charge in [0, 0.05) is 19.3 Å². The van der Waals surface area contributed by atoms with E-state index in [-0.39, 0.29) is 10.4 Å². The maximum absolute atomic E-state index is 12.2. The summed E-state index contributed by atoms with van der Waals surface area (Å²) in [7, 11) is -1.63. The zero-order valence-electron chi connectivity index (χ0n) is 11.7. The molecule has 0 atom stereocenters. The third-order valence-corrected chi connectivity index (χ3v) is 5.72. The van der Waals surface area contributed by atoms with Crippen LogP contribution in [0.1, 0.15) is 31.2 Å². The van der Waals surface area contributed by atoms with Crippen LogP contribution >= 0.6 is 0 Å². The first-order chi connectivity index (χ1) is 9.56. The molecule has 1 heterocycles. The van der Waals surface area contributed by atoms with E-state index >= 15 is 0 Å². The van der Waals surface area contributed by atoms with Gasteiger partial charge < -0.3 is 5.32 Å². The lowest BCUT2D eigenvalue weighted by Gasteiger charge is -2.14. The van der Waals surface area contributed by atoms with E-state index in [0.29, 0.717) is 13.1 Å². The van der Waals surface area contributed by atoms with Crippen LogP contribution in [0.3, 0.4) is 0 Å². The molecule has 0 spiro atoms. The molecule has 0 unspecified atom stereocenters. The average Bonchev–Trinajstić information content (AvgIpc) is 3.29. The highest BCUT2D eigenvalue weighted by atomic mass is 32.2. The fourth-order valence-corrected chi connectivity index (χ4v) is 3.84. The number of nitrogens with zero attached hydrogens (tertiary/aromatic N) is 1. The van der Waals surface area contributed by atoms with Crippen LogP contribution in [0.25, 0.3) is 0 Å². The Labute approximate surface area is 120 Å². The maximum Gasteiger partial charge on any atom is 0.258 e. The molecule has 0 radical (unpaired) electrons. The van der Waals surface area contributed by atoms with Gasteiger partial charge >= 0.3 is 0 Å². The van der Waals surface area contributed by atoms with Crippen molar-refractivity contribution in [2.75, 3.05) is 13.6 Å². The van der Waals surface area contributed by atoms with E-state index in [1.165, 1.54) is 12.8 Å². The Hall–Kier alpha value is -0.980. The van der Waals surface area contributed by atoms with Crippen LogP contribution in [-0.2, 0) is 16.6 Å². The summed E-state index contributed by atoms with van der Waals surface area (Å²) in [6, 6.07) is 3.37. The fourth-order valence-electron chi connectivity index (χ4n) is 2.78. The molecule has 3 rings (SSSR count). The molecule has 2 fully saturated rings. The summed E-state index contributed by atoms with van der Waals surface area (Å²) in [6.45, 7) is 1.26. The molecule has 0 aliphatic heterocycles. The Morgan fingerprint density at radius 1 is 1.35 bits per heavy atom. The number of sulfonamides is 1. The van der Waals surface area contributed by atoms with Crippen molar-refractivity contribution in [2.24, 2.45) is 11.3 Å². The van der Waals surface area contributed by atoms with Gasteiger partial charge in [-0.3, -0.25) is 0 Å². The first kappa shape index (κ1) is 14.0. The molecule has 2 saturated carbocycles. The SMILES string of the molecule is CNCc1ccc(S(=O)(=O)NCC2(C3CC3)CC2)nc1. The summed E-state index contributed by atoms with van der Waals surface area (Å²) in [4.78, 5) is 4.06. The van der Waals surface area contributed by atoms with Crippen molar-refractivity contribution < 1.29 is 8.42 Å². The smallest absolute Gasteiger partial charge is 0.258 e. The van der Waals surface area contributed by atoms with E-state index in [1.807, 2.05) is 7.05 Å². The van der Waals surface area contributed by atoms with Gasteiger partial charge in [-0.15, -0.1) is 0 Å². The molecule has 2 N–H and O–H groups in total. The Balaban J connectivity index is 1.65. The number of pyridine rings is 1. The highest BCUT2D eigenvalue weighted by molar-refractivity contribution is 7.89. The molecule has 2 aliphatic carbocycles. The van der Waals surface area contributed by atoms with Crippen molar-refractivity contribution in [1.82, 2.24) is 15.0 Å². The third-order valence-electron chi connectivity index (χ3n) is 4.40. The minimum absolute atomic E-state index is 0.115. The molecule has 20 heavy (non-hydrogen) atoms. The molecular formula is C14H21N3O2S. The standard InChI is InChI=1S/C14H21N3O2S/c1-15-8-11-2-5-13(16-9-11)20(18,19)17-10-14(6-7-14)12-3-4-12/h2,5,9,12,15,17H,3-4,6-8,10H2,1H3. The molecule has 5 nitrogen and oxygen atoms in total. The van der Waals surface area contributed by atoms with Gasteiger partial charge in [0.15, 0.2) is 5.03 Å². The monoisotopic (exact) mass is 295 g/mol. The molecular weight excluding hydrogens is 274 g/mol. The number of hydrogen-bond acceptors (Lipinski definition) is 4. The number of nitrogens with one attached hydrogen (secondary N) is 2. The Morgan fingerprint density at radius 3 is 2.60 bits per heavy atom. The highest BCUT2D eigenvalue weighted by Gasteiger charge is 2.53. The largest absolute Gasteiger partial charge is 0.316 e.